The predicted molar refractivity (Wildman–Crippen MR) is 175 cm³/mol. The second-order valence-electron chi connectivity index (χ2n) is 11.7. The Morgan fingerprint density at radius 1 is 0.767 bits per heavy atom. The van der Waals surface area contributed by atoms with Crippen LogP contribution in [0, 0.1) is 0 Å². The third-order valence-corrected chi connectivity index (χ3v) is 8.57. The summed E-state index contributed by atoms with van der Waals surface area (Å²) in [4.78, 5) is 16.1. The van der Waals surface area contributed by atoms with Gasteiger partial charge in [-0.3, -0.25) is 0 Å². The molecule has 1 N–H and O–H groups in total. The summed E-state index contributed by atoms with van der Waals surface area (Å²) in [5.41, 5.74) is 5.49. The number of anilines is 1. The molecule has 0 aliphatic carbocycles. The lowest BCUT2D eigenvalue weighted by molar-refractivity contribution is -0.161. The Labute approximate surface area is 256 Å². The fraction of sp³-hybridized carbons (Fsp3) is 0.308. The number of aliphatic hydroxyl groups excluding tert-OH is 1. The van der Waals surface area contributed by atoms with Gasteiger partial charge in [-0.05, 0) is 60.1 Å². The maximum atomic E-state index is 13.7. The molecule has 1 heterocycles. The molecule has 4 aromatic rings. The molecule has 4 nitrogen and oxygen atoms in total. The van der Waals surface area contributed by atoms with Crippen molar-refractivity contribution in [3.05, 3.63) is 149 Å². The van der Waals surface area contributed by atoms with Crippen LogP contribution in [0.3, 0.4) is 0 Å². The molecule has 43 heavy (non-hydrogen) atoms. The highest BCUT2D eigenvalue weighted by atomic mass is 16.6. The number of carbonyl (C=O) groups excluding carboxylic acids is 1. The molecule has 0 spiro atoms. The molecule has 0 saturated carbocycles. The lowest BCUT2D eigenvalue weighted by Crippen LogP contribution is -2.41. The molecule has 0 radical (unpaired) electrons. The number of carbonyl (C=O) groups is 1. The number of aliphatic hydroxyl groups is 1. The molecule has 4 heteroatoms. The summed E-state index contributed by atoms with van der Waals surface area (Å²) >= 11 is 0. The van der Waals surface area contributed by atoms with Gasteiger partial charge >= 0.3 is 5.97 Å². The summed E-state index contributed by atoms with van der Waals surface area (Å²) in [7, 11) is 0. The SMILES string of the molecule is CCC[C@]1(CCc2ccccc2)CC(O)=C([C@H](CC)c2cccc(N(Cc3ccccc3)Cc3ccccc3)c2)C(=O)O1. The number of ether oxygens (including phenoxy) is 1. The fourth-order valence-electron chi connectivity index (χ4n) is 6.42. The average molecular weight is 574 g/mol. The number of nitrogens with zero attached hydrogens (tertiary/aromatic N) is 1. The van der Waals surface area contributed by atoms with Crippen molar-refractivity contribution in [2.75, 3.05) is 4.90 Å². The molecule has 5 rings (SSSR count). The van der Waals surface area contributed by atoms with Crippen molar-refractivity contribution >= 4 is 11.7 Å². The number of hydrogen-bond donors (Lipinski definition) is 1. The van der Waals surface area contributed by atoms with Crippen LogP contribution in [0.1, 0.15) is 74.1 Å². The normalized spacial score (nSPS) is 17.4. The number of benzene rings is 4. The van der Waals surface area contributed by atoms with E-state index in [2.05, 4.69) is 104 Å². The highest BCUT2D eigenvalue weighted by Crippen LogP contribution is 2.42. The molecule has 4 aromatic carbocycles. The molecule has 222 valence electrons. The van der Waals surface area contributed by atoms with Crippen molar-refractivity contribution in [1.82, 2.24) is 0 Å². The van der Waals surface area contributed by atoms with Crippen LogP contribution in [0.5, 0.6) is 0 Å². The zero-order chi connectivity index (χ0) is 30.1. The van der Waals surface area contributed by atoms with Crippen molar-refractivity contribution in [2.24, 2.45) is 0 Å². The molecule has 0 saturated heterocycles. The number of cyclic esters (lactones) is 1. The smallest absolute Gasteiger partial charge is 0.338 e. The van der Waals surface area contributed by atoms with E-state index in [0.29, 0.717) is 24.8 Å². The first-order chi connectivity index (χ1) is 21.0. The molecule has 0 aromatic heterocycles. The number of aryl methyl sites for hydroxylation is 1. The molecule has 0 amide bonds. The quantitative estimate of drug-likeness (QED) is 0.162. The molecular weight excluding hydrogens is 530 g/mol. The second kappa shape index (κ2) is 14.2. The number of rotatable bonds is 13. The molecule has 0 fully saturated rings. The molecule has 1 aliphatic heterocycles. The lowest BCUT2D eigenvalue weighted by atomic mass is 9.80. The first kappa shape index (κ1) is 30.2. The van der Waals surface area contributed by atoms with E-state index in [1.807, 2.05) is 30.3 Å². The number of hydrogen-bond acceptors (Lipinski definition) is 4. The Hall–Kier alpha value is -4.31. The van der Waals surface area contributed by atoms with Crippen molar-refractivity contribution < 1.29 is 14.6 Å². The summed E-state index contributed by atoms with van der Waals surface area (Å²) < 4.78 is 6.29. The van der Waals surface area contributed by atoms with Crippen LogP contribution in [0.25, 0.3) is 0 Å². The fourth-order valence-corrected chi connectivity index (χ4v) is 6.42. The third-order valence-electron chi connectivity index (χ3n) is 8.57. The van der Waals surface area contributed by atoms with E-state index in [0.717, 1.165) is 43.6 Å². The molecule has 0 bridgehead atoms. The Balaban J connectivity index is 1.42. The van der Waals surface area contributed by atoms with Gasteiger partial charge in [-0.1, -0.05) is 123 Å². The molecule has 1 aliphatic rings. The lowest BCUT2D eigenvalue weighted by Gasteiger charge is -2.39. The summed E-state index contributed by atoms with van der Waals surface area (Å²) in [6, 6.07) is 39.7. The minimum absolute atomic E-state index is 0.181. The van der Waals surface area contributed by atoms with Gasteiger partial charge < -0.3 is 14.7 Å². The second-order valence-corrected chi connectivity index (χ2v) is 11.7. The van der Waals surface area contributed by atoms with Crippen LogP contribution in [-0.4, -0.2) is 16.7 Å². The van der Waals surface area contributed by atoms with Crippen LogP contribution in [0.15, 0.2) is 127 Å². The Bertz CT molecular complexity index is 1460. The standard InChI is InChI=1S/C39H43NO3/c1-3-24-39(25-23-30-15-8-5-9-16-30)27-36(41)37(38(42)43-39)35(4-2)33-21-14-22-34(26-33)40(28-31-17-10-6-11-18-31)29-32-19-12-7-13-20-32/h5-22,26,35,41H,3-4,23-25,27-29H2,1-2H3/t35-,39+/m1/s1. The minimum atomic E-state index is -0.683. The molecule has 0 unspecified atom stereocenters. The van der Waals surface area contributed by atoms with E-state index in [-0.39, 0.29) is 17.6 Å². The van der Waals surface area contributed by atoms with Gasteiger partial charge in [-0.2, -0.15) is 0 Å². The largest absolute Gasteiger partial charge is 0.512 e. The molecular formula is C39H43NO3. The highest BCUT2D eigenvalue weighted by molar-refractivity contribution is 5.92. The van der Waals surface area contributed by atoms with E-state index in [1.165, 1.54) is 16.7 Å². The van der Waals surface area contributed by atoms with Crippen molar-refractivity contribution in [3.8, 4) is 0 Å². The third kappa shape index (κ3) is 7.56. The Kier molecular flexibility index (Phi) is 9.99. The van der Waals surface area contributed by atoms with E-state index in [9.17, 15) is 9.90 Å². The minimum Gasteiger partial charge on any atom is -0.512 e. The van der Waals surface area contributed by atoms with Crippen LogP contribution in [0.2, 0.25) is 0 Å². The van der Waals surface area contributed by atoms with Gasteiger partial charge in [0.05, 0.1) is 5.57 Å². The first-order valence-electron chi connectivity index (χ1n) is 15.6. The zero-order valence-electron chi connectivity index (χ0n) is 25.4. The summed E-state index contributed by atoms with van der Waals surface area (Å²) in [5.74, 6) is -0.454. The van der Waals surface area contributed by atoms with E-state index >= 15 is 0 Å². The highest BCUT2D eigenvalue weighted by Gasteiger charge is 2.43. The Morgan fingerprint density at radius 3 is 1.88 bits per heavy atom. The summed E-state index contributed by atoms with van der Waals surface area (Å²) in [5, 5.41) is 11.5. The van der Waals surface area contributed by atoms with Gasteiger partial charge in [0, 0.05) is 31.1 Å². The van der Waals surface area contributed by atoms with E-state index < -0.39 is 5.60 Å². The maximum Gasteiger partial charge on any atom is 0.338 e. The van der Waals surface area contributed by atoms with Gasteiger partial charge in [-0.25, -0.2) is 4.79 Å². The Morgan fingerprint density at radius 2 is 1.35 bits per heavy atom. The predicted octanol–water partition coefficient (Wildman–Crippen LogP) is 9.32. The number of esters is 1. The topological polar surface area (TPSA) is 49.8 Å². The van der Waals surface area contributed by atoms with Crippen LogP contribution in [0.4, 0.5) is 5.69 Å². The zero-order valence-corrected chi connectivity index (χ0v) is 25.4. The van der Waals surface area contributed by atoms with Gasteiger partial charge in [0.15, 0.2) is 0 Å². The summed E-state index contributed by atoms with van der Waals surface area (Å²) in [6.07, 6.45) is 4.13. The first-order valence-corrected chi connectivity index (χ1v) is 15.6. The van der Waals surface area contributed by atoms with Gasteiger partial charge in [0.25, 0.3) is 0 Å². The van der Waals surface area contributed by atoms with Crippen LogP contribution >= 0.6 is 0 Å². The maximum absolute atomic E-state index is 13.7. The van der Waals surface area contributed by atoms with Gasteiger partial charge in [0.2, 0.25) is 0 Å². The van der Waals surface area contributed by atoms with E-state index in [1.54, 1.807) is 0 Å². The van der Waals surface area contributed by atoms with Crippen LogP contribution in [-0.2, 0) is 29.0 Å². The van der Waals surface area contributed by atoms with E-state index in [4.69, 9.17) is 4.74 Å². The van der Waals surface area contributed by atoms with Gasteiger partial charge in [-0.15, -0.1) is 0 Å². The van der Waals surface area contributed by atoms with Crippen molar-refractivity contribution in [2.45, 2.75) is 77.0 Å². The summed E-state index contributed by atoms with van der Waals surface area (Å²) in [6.45, 7) is 5.69. The monoisotopic (exact) mass is 573 g/mol. The van der Waals surface area contributed by atoms with Crippen LogP contribution < -0.4 is 4.90 Å². The average Bonchev–Trinajstić information content (AvgIpc) is 3.03. The van der Waals surface area contributed by atoms with Gasteiger partial charge in [0.1, 0.15) is 11.4 Å². The molecule has 2 atom stereocenters. The van der Waals surface area contributed by atoms with Crippen molar-refractivity contribution in [1.29, 1.82) is 0 Å². The van der Waals surface area contributed by atoms with Crippen molar-refractivity contribution in [3.63, 3.8) is 0 Å².